The summed E-state index contributed by atoms with van der Waals surface area (Å²) in [5, 5.41) is 109. The Balaban J connectivity index is 0.803. The van der Waals surface area contributed by atoms with Crippen LogP contribution in [0.5, 0.6) is 23.0 Å². The molecule has 0 saturated carbocycles. The molecule has 0 radical (unpaired) electrons. The van der Waals surface area contributed by atoms with Crippen LogP contribution in [0.1, 0.15) is 5.69 Å². The molecule has 7 heterocycles. The molecule has 4 aromatic heterocycles. The van der Waals surface area contributed by atoms with Crippen molar-refractivity contribution in [3.05, 3.63) is 84.7 Å². The number of aromatic nitrogens is 11. The maximum Gasteiger partial charge on any atom is 0.187 e. The van der Waals surface area contributed by atoms with Gasteiger partial charge in [-0.1, -0.05) is 5.21 Å². The van der Waals surface area contributed by atoms with Crippen LogP contribution >= 0.6 is 0 Å². The van der Waals surface area contributed by atoms with Crippen molar-refractivity contribution in [1.29, 1.82) is 0 Å². The number of ether oxygens (including phenoxy) is 9. The average Bonchev–Trinajstić information content (AvgIpc) is 2.17. The van der Waals surface area contributed by atoms with E-state index in [9.17, 15) is 51.1 Å². The van der Waals surface area contributed by atoms with Gasteiger partial charge < -0.3 is 104 Å². The molecule has 8 bridgehead atoms. The van der Waals surface area contributed by atoms with E-state index in [1.54, 1.807) is 71.5 Å². The highest BCUT2D eigenvalue weighted by Crippen LogP contribution is 2.40. The maximum absolute atomic E-state index is 10.2. The van der Waals surface area contributed by atoms with E-state index in [0.717, 1.165) is 0 Å². The number of hydrogen-bond acceptors (Lipinski definition) is 27. The molecule has 8 atom stereocenters. The summed E-state index contributed by atoms with van der Waals surface area (Å²) in [5.74, 6) is 2.69. The average molecular weight is 1220 g/mol. The molecule has 11 rings (SSSR count). The van der Waals surface area contributed by atoms with Gasteiger partial charge in [-0.25, -0.2) is 34.6 Å². The van der Waals surface area contributed by atoms with Gasteiger partial charge in [-0.05, 0) is 72.8 Å². The molecule has 12 N–H and O–H groups in total. The van der Waals surface area contributed by atoms with E-state index < -0.39 is 75.4 Å². The van der Waals surface area contributed by atoms with E-state index >= 15 is 0 Å². The van der Waals surface area contributed by atoms with Gasteiger partial charge in [0.25, 0.3) is 0 Å². The lowest BCUT2D eigenvalue weighted by Gasteiger charge is -2.39. The molecule has 466 valence electrons. The third kappa shape index (κ3) is 14.3. The maximum atomic E-state index is 10.2. The van der Waals surface area contributed by atoms with Crippen molar-refractivity contribution < 1.29 is 93.7 Å². The minimum Gasteiger partial charge on any atom is -0.491 e. The molecular formula is C58H65N11O19. The van der Waals surface area contributed by atoms with Crippen LogP contribution < -0.4 is 18.9 Å². The molecule has 1 fully saturated rings. The van der Waals surface area contributed by atoms with Crippen LogP contribution in [-0.2, 0) is 36.8 Å². The van der Waals surface area contributed by atoms with Crippen LogP contribution in [0.25, 0.3) is 89.7 Å². The van der Waals surface area contributed by atoms with Gasteiger partial charge in [-0.15, -0.1) is 5.10 Å². The molecule has 3 aliphatic rings. The van der Waals surface area contributed by atoms with Crippen molar-refractivity contribution in [3.63, 3.8) is 0 Å². The van der Waals surface area contributed by atoms with Crippen LogP contribution in [0.4, 0.5) is 0 Å². The van der Waals surface area contributed by atoms with Crippen LogP contribution in [0.2, 0.25) is 0 Å². The Hall–Kier alpha value is -8.02. The molecular weight excluding hydrogens is 1150 g/mol. The smallest absolute Gasteiger partial charge is 0.187 e. The fraction of sp³-hybridized carbons (Fsp3) is 0.414. The fourth-order valence-corrected chi connectivity index (χ4v) is 9.61. The van der Waals surface area contributed by atoms with Gasteiger partial charge in [0.15, 0.2) is 29.6 Å². The Morgan fingerprint density at radius 3 is 1.42 bits per heavy atom. The van der Waals surface area contributed by atoms with Gasteiger partial charge in [0.1, 0.15) is 120 Å². The second-order valence-electron chi connectivity index (χ2n) is 20.5. The molecule has 30 heteroatoms. The number of aliphatic hydroxyl groups excluding tert-OH is 10. The third-order valence-electron chi connectivity index (χ3n) is 14.2. The lowest BCUT2D eigenvalue weighted by molar-refractivity contribution is -0.304. The molecule has 8 aromatic rings. The standard InChI is InChI=1S/C58H65N11O19/c70-22-31(74)27-84-35-2-6-39-43(18-35)56-62-51(39)60-54-42-17-34(83-16-15-82-14-13-81-12-11-80-10-9-69-21-30(67-68-69)26-87-58-49(79)48(78)47(77)46(25-73)88-58)1-5-38(42)50(59-54)61-55-44-19-36(85-28-32(75)23-71)3-7-40(44)52(63-55)65-57-45-20-37(86-29-33(76)24-72)4-8-41(45)53(64-56)66-57/h1-8,17-21,31-33,46-49,58,70-79H,9-16,22-29H2,(H2,59,60,61,62,63,64,65,66)/t31?,32?,33?,46-,47-,48+,49+,58+/m1/s1. The summed E-state index contributed by atoms with van der Waals surface area (Å²) in [6.45, 7) is -0.340. The number of hydrogen-bond donors (Lipinski definition) is 12. The minimum atomic E-state index is -1.55. The first-order valence-electron chi connectivity index (χ1n) is 28.2. The van der Waals surface area contributed by atoms with Gasteiger partial charge in [-0.3, -0.25) is 0 Å². The number of aliphatic hydroxyl groups is 10. The molecule has 0 aliphatic carbocycles. The van der Waals surface area contributed by atoms with Crippen LogP contribution in [0.3, 0.4) is 0 Å². The minimum absolute atomic E-state index is 0.107. The topological polar surface area (TPSA) is 425 Å². The number of aromatic amines is 2. The third-order valence-corrected chi connectivity index (χ3v) is 14.2. The van der Waals surface area contributed by atoms with E-state index in [1.165, 1.54) is 0 Å². The van der Waals surface area contributed by atoms with Crippen molar-refractivity contribution in [2.24, 2.45) is 0 Å². The summed E-state index contributed by atoms with van der Waals surface area (Å²) in [6, 6.07) is 21.0. The normalized spacial score (nSPS) is 18.3. The number of fused-ring (bicyclic) bond motifs is 20. The zero-order valence-electron chi connectivity index (χ0n) is 47.1. The molecule has 1 saturated heterocycles. The zero-order valence-corrected chi connectivity index (χ0v) is 47.1. The summed E-state index contributed by atoms with van der Waals surface area (Å²) in [7, 11) is 0. The molecule has 0 amide bonds. The van der Waals surface area contributed by atoms with Gasteiger partial charge in [-0.2, -0.15) is 0 Å². The Kier molecular flexibility index (Phi) is 19.9. The summed E-state index contributed by atoms with van der Waals surface area (Å²) >= 11 is 0. The highest BCUT2D eigenvalue weighted by atomic mass is 16.7. The van der Waals surface area contributed by atoms with E-state index in [-0.39, 0.29) is 62.9 Å². The number of nitrogens with one attached hydrogen (secondary N) is 2. The summed E-state index contributed by atoms with van der Waals surface area (Å²) in [4.78, 5) is 37.1. The summed E-state index contributed by atoms with van der Waals surface area (Å²) < 4.78 is 53.4. The molecule has 3 unspecified atom stereocenters. The first-order chi connectivity index (χ1) is 42.9. The molecule has 3 aliphatic heterocycles. The molecule has 88 heavy (non-hydrogen) atoms. The van der Waals surface area contributed by atoms with Gasteiger partial charge in [0, 0.05) is 43.8 Å². The Bertz CT molecular complexity index is 3850. The van der Waals surface area contributed by atoms with Gasteiger partial charge >= 0.3 is 0 Å². The highest BCUT2D eigenvalue weighted by Gasteiger charge is 2.44. The number of benzene rings is 4. The Labute approximate surface area is 499 Å². The summed E-state index contributed by atoms with van der Waals surface area (Å²) in [5.41, 5.74) is 4.13. The first kappa shape index (κ1) is 61.6. The lowest BCUT2D eigenvalue weighted by Crippen LogP contribution is -2.59. The molecule has 30 nitrogen and oxygen atoms in total. The first-order valence-corrected chi connectivity index (χ1v) is 28.2. The number of rotatable bonds is 29. The SMILES string of the molecule is OCC(O)COc1ccc2c(c1)-c1nc-2nc2[nH]c(nc3nc(nc4[nH]c(n1)c1ccc(OCC(O)CO)cc41)-c1ccc(OCCOCCOCCOCCn4cc(CO[C@H]5O[C@H](CO)[C@@H](O)[C@H](O)[C@@H]5O)nn4)cc1-3)c1ccc(OCC(O)CO)cc21. The second-order valence-corrected chi connectivity index (χ2v) is 20.5. The van der Waals surface area contributed by atoms with Crippen molar-refractivity contribution in [3.8, 4) is 68.5 Å². The van der Waals surface area contributed by atoms with Gasteiger partial charge in [0.2, 0.25) is 0 Å². The summed E-state index contributed by atoms with van der Waals surface area (Å²) in [6.07, 6.45) is -8.68. The molecule has 0 spiro atoms. The van der Waals surface area contributed by atoms with Gasteiger partial charge in [0.05, 0.1) is 85.4 Å². The van der Waals surface area contributed by atoms with Crippen molar-refractivity contribution in [2.45, 2.75) is 62.2 Å². The van der Waals surface area contributed by atoms with E-state index in [0.29, 0.717) is 135 Å². The second kappa shape index (κ2) is 28.4. The van der Waals surface area contributed by atoms with Crippen LogP contribution in [0.15, 0.2) is 79.0 Å². The van der Waals surface area contributed by atoms with Crippen molar-refractivity contribution >= 4 is 44.1 Å². The largest absolute Gasteiger partial charge is 0.491 e. The van der Waals surface area contributed by atoms with E-state index in [1.807, 2.05) is 12.1 Å². The number of H-pyrrole nitrogens is 2. The van der Waals surface area contributed by atoms with E-state index in [4.69, 9.17) is 72.5 Å². The monoisotopic (exact) mass is 1220 g/mol. The quantitative estimate of drug-likeness (QED) is 0.0277. The Morgan fingerprint density at radius 1 is 0.477 bits per heavy atom. The fourth-order valence-electron chi connectivity index (χ4n) is 9.61. The predicted octanol–water partition coefficient (Wildman–Crippen LogP) is 0.102. The van der Waals surface area contributed by atoms with Crippen molar-refractivity contribution in [2.75, 3.05) is 92.5 Å². The van der Waals surface area contributed by atoms with Crippen molar-refractivity contribution in [1.82, 2.24) is 54.9 Å². The number of nitrogens with zero attached hydrogens (tertiary/aromatic N) is 9. The zero-order chi connectivity index (χ0) is 61.3. The Morgan fingerprint density at radius 2 is 0.920 bits per heavy atom. The highest BCUT2D eigenvalue weighted by molar-refractivity contribution is 6.07. The van der Waals surface area contributed by atoms with E-state index in [2.05, 4.69) is 20.3 Å². The lowest BCUT2D eigenvalue weighted by atomic mass is 9.99. The van der Waals surface area contributed by atoms with Crippen LogP contribution in [0, 0.1) is 0 Å². The molecule has 4 aromatic carbocycles. The van der Waals surface area contributed by atoms with Crippen LogP contribution in [-0.4, -0.2) is 247 Å². The predicted molar refractivity (Wildman–Crippen MR) is 308 cm³/mol.